The maximum Gasteiger partial charge on any atom is 0.270 e. The Kier molecular flexibility index (Phi) is 16.0. The van der Waals surface area contributed by atoms with E-state index in [0.717, 1.165) is 51.0 Å². The number of carbonyl (C=O) groups excluding carboxylic acids is 3. The van der Waals surface area contributed by atoms with Crippen LogP contribution in [0, 0.1) is 11.8 Å². The fraction of sp³-hybridized carbons (Fsp3) is 0.710. The molecular weight excluding hydrogens is 510 g/mol. The Bertz CT molecular complexity index is 916. The standard InChI is InChI=1S/C24H37N3O4.C5H12O.C2H4O/c1-16(2)27(22(28)18-12-17(3)14-25-15-18)19-8-9-21-20(13-19)26(10-7-11-30-6)23(29)24(4,5)31-21;1-3-5-6-4-2;1-2-3/h8-9,13,16-18,25H,7,10-12,14-15H2,1-6H3;3-5H2,1-2H3;2H,1H3/t17-,18+;;/m0../s1. The Labute approximate surface area is 241 Å². The number of hydrogen-bond acceptors (Lipinski definition) is 7. The topological polar surface area (TPSA) is 97.4 Å². The van der Waals surface area contributed by atoms with Gasteiger partial charge in [-0.1, -0.05) is 13.8 Å². The molecule has 1 saturated heterocycles. The normalized spacial score (nSPS) is 19.4. The SMILES string of the molecule is CC=O.CCCOCC.COCCCN1C(=O)C(C)(C)Oc2ccc(N(C(=O)[C@H]3CNC[C@@H](C)C3)C(C)C)cc21. The first-order valence-electron chi connectivity index (χ1n) is 14.6. The van der Waals surface area contributed by atoms with Gasteiger partial charge in [0, 0.05) is 51.7 Å². The molecule has 0 unspecified atom stereocenters. The summed E-state index contributed by atoms with van der Waals surface area (Å²) in [5.74, 6) is 1.14. The van der Waals surface area contributed by atoms with E-state index in [1.165, 1.54) is 6.92 Å². The molecule has 40 heavy (non-hydrogen) atoms. The summed E-state index contributed by atoms with van der Waals surface area (Å²) in [7, 11) is 1.66. The minimum absolute atomic E-state index is 0.00127. The van der Waals surface area contributed by atoms with E-state index in [2.05, 4.69) is 19.2 Å². The molecule has 2 aliphatic rings. The van der Waals surface area contributed by atoms with Crippen molar-refractivity contribution in [3.8, 4) is 5.75 Å². The molecule has 228 valence electrons. The van der Waals surface area contributed by atoms with Crippen molar-refractivity contribution in [3.63, 3.8) is 0 Å². The van der Waals surface area contributed by atoms with Gasteiger partial charge >= 0.3 is 0 Å². The molecular formula is C31H53N3O6. The van der Waals surface area contributed by atoms with Crippen LogP contribution in [0.15, 0.2) is 18.2 Å². The lowest BCUT2D eigenvalue weighted by Gasteiger charge is -2.40. The van der Waals surface area contributed by atoms with Crippen LogP contribution in [0.3, 0.4) is 0 Å². The molecule has 9 heteroatoms. The number of nitrogens with zero attached hydrogens (tertiary/aromatic N) is 2. The monoisotopic (exact) mass is 563 g/mol. The highest BCUT2D eigenvalue weighted by Crippen LogP contribution is 2.41. The number of fused-ring (bicyclic) bond motifs is 1. The largest absolute Gasteiger partial charge is 0.476 e. The third kappa shape index (κ3) is 10.5. The van der Waals surface area contributed by atoms with Crippen molar-refractivity contribution < 1.29 is 28.6 Å². The zero-order valence-electron chi connectivity index (χ0n) is 26.2. The highest BCUT2D eigenvalue weighted by atomic mass is 16.5. The summed E-state index contributed by atoms with van der Waals surface area (Å²) in [5, 5.41) is 3.38. The molecule has 2 amide bonds. The molecule has 2 heterocycles. The second-order valence-electron chi connectivity index (χ2n) is 11.0. The molecule has 9 nitrogen and oxygen atoms in total. The summed E-state index contributed by atoms with van der Waals surface area (Å²) < 4.78 is 16.2. The van der Waals surface area contributed by atoms with Crippen molar-refractivity contribution in [1.29, 1.82) is 0 Å². The van der Waals surface area contributed by atoms with Crippen LogP contribution in [-0.4, -0.2) is 76.3 Å². The number of carbonyl (C=O) groups is 3. The first kappa shape index (κ1) is 35.5. The maximum absolute atomic E-state index is 13.5. The number of piperidine rings is 1. The van der Waals surface area contributed by atoms with E-state index in [1.807, 2.05) is 43.9 Å². The molecule has 0 spiro atoms. The minimum atomic E-state index is -0.931. The third-order valence-corrected chi connectivity index (χ3v) is 6.59. The van der Waals surface area contributed by atoms with Crippen LogP contribution in [0.1, 0.15) is 74.7 Å². The zero-order chi connectivity index (χ0) is 30.3. The van der Waals surface area contributed by atoms with Crippen LogP contribution >= 0.6 is 0 Å². The van der Waals surface area contributed by atoms with Crippen molar-refractivity contribution in [2.75, 3.05) is 56.4 Å². The number of methoxy groups -OCH3 is 1. The average molecular weight is 564 g/mol. The second-order valence-corrected chi connectivity index (χ2v) is 11.0. The number of amides is 2. The molecule has 0 radical (unpaired) electrons. The van der Waals surface area contributed by atoms with E-state index in [0.29, 0.717) is 37.1 Å². The molecule has 0 saturated carbocycles. The molecule has 1 aromatic carbocycles. The first-order chi connectivity index (χ1) is 19.0. The lowest BCUT2D eigenvalue weighted by atomic mass is 9.90. The smallest absolute Gasteiger partial charge is 0.270 e. The number of anilines is 2. The van der Waals surface area contributed by atoms with E-state index in [4.69, 9.17) is 19.0 Å². The van der Waals surface area contributed by atoms with Crippen molar-refractivity contribution in [2.24, 2.45) is 11.8 Å². The van der Waals surface area contributed by atoms with Crippen molar-refractivity contribution >= 4 is 29.5 Å². The predicted octanol–water partition coefficient (Wildman–Crippen LogP) is 4.85. The summed E-state index contributed by atoms with van der Waals surface area (Å²) in [6, 6.07) is 5.73. The summed E-state index contributed by atoms with van der Waals surface area (Å²) in [6.07, 6.45) is 3.49. The zero-order valence-corrected chi connectivity index (χ0v) is 26.2. The number of benzene rings is 1. The summed E-state index contributed by atoms with van der Waals surface area (Å²) >= 11 is 0. The predicted molar refractivity (Wildman–Crippen MR) is 161 cm³/mol. The number of aldehydes is 1. The van der Waals surface area contributed by atoms with Gasteiger partial charge in [0.1, 0.15) is 12.0 Å². The van der Waals surface area contributed by atoms with Gasteiger partial charge in [-0.05, 0) is 91.5 Å². The van der Waals surface area contributed by atoms with Crippen LogP contribution in [0.5, 0.6) is 5.75 Å². The Morgan fingerprint density at radius 1 is 1.25 bits per heavy atom. The molecule has 1 fully saturated rings. The molecule has 0 aliphatic carbocycles. The van der Waals surface area contributed by atoms with E-state index in [-0.39, 0.29) is 23.8 Å². The van der Waals surface area contributed by atoms with Crippen LogP contribution in [0.25, 0.3) is 0 Å². The van der Waals surface area contributed by atoms with E-state index >= 15 is 0 Å². The van der Waals surface area contributed by atoms with Crippen molar-refractivity contribution in [3.05, 3.63) is 18.2 Å². The molecule has 1 aromatic rings. The maximum atomic E-state index is 13.5. The van der Waals surface area contributed by atoms with Gasteiger partial charge in [-0.3, -0.25) is 9.59 Å². The fourth-order valence-electron chi connectivity index (χ4n) is 4.80. The van der Waals surface area contributed by atoms with E-state index in [9.17, 15) is 9.59 Å². The van der Waals surface area contributed by atoms with Crippen LogP contribution in [0.2, 0.25) is 0 Å². The van der Waals surface area contributed by atoms with E-state index in [1.54, 1.807) is 25.9 Å². The number of nitrogens with one attached hydrogen (secondary N) is 1. The van der Waals surface area contributed by atoms with Crippen molar-refractivity contribution in [1.82, 2.24) is 5.32 Å². The van der Waals surface area contributed by atoms with Gasteiger partial charge in [0.05, 0.1) is 11.6 Å². The molecule has 0 aromatic heterocycles. The number of rotatable bonds is 10. The van der Waals surface area contributed by atoms with Gasteiger partial charge in [-0.25, -0.2) is 0 Å². The summed E-state index contributed by atoms with van der Waals surface area (Å²) in [5.41, 5.74) is 0.579. The summed E-state index contributed by atoms with van der Waals surface area (Å²) in [6.45, 7) is 19.9. The van der Waals surface area contributed by atoms with Crippen molar-refractivity contribution in [2.45, 2.75) is 86.3 Å². The van der Waals surface area contributed by atoms with Gasteiger partial charge in [0.25, 0.3) is 5.91 Å². The molecule has 2 atom stereocenters. The minimum Gasteiger partial charge on any atom is -0.476 e. The van der Waals surface area contributed by atoms with Gasteiger partial charge < -0.3 is 34.1 Å². The Morgan fingerprint density at radius 2 is 1.93 bits per heavy atom. The fourth-order valence-corrected chi connectivity index (χ4v) is 4.80. The Hall–Kier alpha value is -2.49. The molecule has 2 aliphatic heterocycles. The summed E-state index contributed by atoms with van der Waals surface area (Å²) in [4.78, 5) is 39.0. The van der Waals surface area contributed by atoms with Crippen LogP contribution < -0.4 is 19.9 Å². The second kappa shape index (κ2) is 18.0. The van der Waals surface area contributed by atoms with Gasteiger partial charge in [0.15, 0.2) is 5.60 Å². The highest BCUT2D eigenvalue weighted by molar-refractivity contribution is 6.04. The molecule has 3 rings (SSSR count). The highest BCUT2D eigenvalue weighted by Gasteiger charge is 2.41. The Morgan fingerprint density at radius 3 is 2.45 bits per heavy atom. The third-order valence-electron chi connectivity index (χ3n) is 6.59. The molecule has 1 N–H and O–H groups in total. The van der Waals surface area contributed by atoms with Gasteiger partial charge in [-0.15, -0.1) is 0 Å². The average Bonchev–Trinajstić information content (AvgIpc) is 2.90. The lowest BCUT2D eigenvalue weighted by Crippen LogP contribution is -2.53. The quantitative estimate of drug-likeness (QED) is 0.321. The lowest BCUT2D eigenvalue weighted by molar-refractivity contribution is -0.132. The van der Waals surface area contributed by atoms with Crippen LogP contribution in [-0.2, 0) is 23.9 Å². The first-order valence-corrected chi connectivity index (χ1v) is 14.6. The number of ether oxygens (including phenoxy) is 3. The van der Waals surface area contributed by atoms with Gasteiger partial charge in [-0.2, -0.15) is 0 Å². The Balaban J connectivity index is 0.000000774. The van der Waals surface area contributed by atoms with Gasteiger partial charge in [0.2, 0.25) is 5.91 Å². The van der Waals surface area contributed by atoms with Crippen LogP contribution in [0.4, 0.5) is 11.4 Å². The molecule has 0 bridgehead atoms. The van der Waals surface area contributed by atoms with E-state index < -0.39 is 5.60 Å². The number of hydrogen-bond donors (Lipinski definition) is 1.